The predicted molar refractivity (Wildman–Crippen MR) is 127 cm³/mol. The van der Waals surface area contributed by atoms with Crippen LogP contribution in [0.5, 0.6) is 0 Å². The summed E-state index contributed by atoms with van der Waals surface area (Å²) in [6.45, 7) is 4.64. The van der Waals surface area contributed by atoms with Gasteiger partial charge in [0, 0.05) is 6.54 Å². The maximum Gasteiger partial charge on any atom is 0.337 e. The van der Waals surface area contributed by atoms with E-state index >= 15 is 0 Å². The summed E-state index contributed by atoms with van der Waals surface area (Å²) >= 11 is 0.999. The van der Waals surface area contributed by atoms with Gasteiger partial charge in [0.2, 0.25) is 5.91 Å². The van der Waals surface area contributed by atoms with Gasteiger partial charge < -0.3 is 14.5 Å². The van der Waals surface area contributed by atoms with E-state index in [4.69, 9.17) is 9.15 Å². The van der Waals surface area contributed by atoms with Gasteiger partial charge in [0.15, 0.2) is 5.16 Å². The lowest BCUT2D eigenvalue weighted by molar-refractivity contribution is -0.117. The molecule has 0 fully saturated rings. The molecule has 3 rings (SSSR count). The van der Waals surface area contributed by atoms with E-state index in [-0.39, 0.29) is 34.1 Å². The normalized spacial score (nSPS) is 10.9. The number of nitrogens with zero attached hydrogens (tertiary/aromatic N) is 2. The number of urea groups is 1. The van der Waals surface area contributed by atoms with Crippen molar-refractivity contribution in [2.24, 2.45) is 5.92 Å². The third-order valence-electron chi connectivity index (χ3n) is 4.83. The number of carbonyl (C=O) groups excluding carboxylic acids is 3. The zero-order chi connectivity index (χ0) is 24.7. The van der Waals surface area contributed by atoms with Gasteiger partial charge in [0.1, 0.15) is 5.76 Å². The van der Waals surface area contributed by atoms with Gasteiger partial charge in [-0.25, -0.2) is 14.6 Å². The molecule has 0 radical (unpaired) electrons. The van der Waals surface area contributed by atoms with E-state index in [0.717, 1.165) is 18.2 Å². The second kappa shape index (κ2) is 11.5. The van der Waals surface area contributed by atoms with Crippen LogP contribution in [0.4, 0.5) is 4.79 Å². The van der Waals surface area contributed by atoms with Crippen LogP contribution in [-0.2, 0) is 16.1 Å². The molecule has 0 spiro atoms. The van der Waals surface area contributed by atoms with Crippen LogP contribution in [0.1, 0.15) is 36.4 Å². The summed E-state index contributed by atoms with van der Waals surface area (Å²) in [5.74, 6) is -0.277. The molecule has 180 valence electrons. The number of fused-ring (bicyclic) bond motifs is 1. The van der Waals surface area contributed by atoms with Gasteiger partial charge in [0.05, 0.1) is 42.1 Å². The predicted octanol–water partition coefficient (Wildman–Crippen LogP) is 2.79. The van der Waals surface area contributed by atoms with Gasteiger partial charge in [-0.1, -0.05) is 25.6 Å². The quantitative estimate of drug-likeness (QED) is 0.268. The molecule has 0 aliphatic rings. The summed E-state index contributed by atoms with van der Waals surface area (Å²) in [4.78, 5) is 53.8. The Labute approximate surface area is 200 Å². The van der Waals surface area contributed by atoms with E-state index in [2.05, 4.69) is 15.6 Å². The minimum absolute atomic E-state index is 0.104. The monoisotopic (exact) mass is 486 g/mol. The fraction of sp³-hybridized carbons (Fsp3) is 0.348. The van der Waals surface area contributed by atoms with E-state index in [0.29, 0.717) is 23.6 Å². The van der Waals surface area contributed by atoms with Crippen molar-refractivity contribution in [1.29, 1.82) is 0 Å². The van der Waals surface area contributed by atoms with Gasteiger partial charge in [-0.3, -0.25) is 19.5 Å². The van der Waals surface area contributed by atoms with Crippen LogP contribution in [0.25, 0.3) is 10.9 Å². The molecule has 0 saturated carbocycles. The van der Waals surface area contributed by atoms with Gasteiger partial charge in [0.25, 0.3) is 5.56 Å². The highest BCUT2D eigenvalue weighted by atomic mass is 32.2. The molecule has 0 unspecified atom stereocenters. The smallest absolute Gasteiger partial charge is 0.337 e. The largest absolute Gasteiger partial charge is 0.467 e. The molecular weight excluding hydrogens is 460 g/mol. The molecule has 3 amide bonds. The lowest BCUT2D eigenvalue weighted by Gasteiger charge is -2.13. The van der Waals surface area contributed by atoms with Crippen molar-refractivity contribution in [2.45, 2.75) is 32.0 Å². The molecule has 0 bridgehead atoms. The number of furan rings is 1. The topological polar surface area (TPSA) is 133 Å². The molecule has 34 heavy (non-hydrogen) atoms. The third-order valence-corrected chi connectivity index (χ3v) is 5.80. The third kappa shape index (κ3) is 6.47. The Balaban J connectivity index is 1.83. The maximum atomic E-state index is 13.2. The molecule has 0 aliphatic heterocycles. The van der Waals surface area contributed by atoms with Crippen LogP contribution in [0.15, 0.2) is 51.0 Å². The van der Waals surface area contributed by atoms with E-state index in [1.54, 1.807) is 12.1 Å². The minimum Gasteiger partial charge on any atom is -0.467 e. The van der Waals surface area contributed by atoms with E-state index in [9.17, 15) is 19.2 Å². The molecule has 2 aromatic heterocycles. The summed E-state index contributed by atoms with van der Waals surface area (Å²) in [5, 5.41) is 5.45. The molecule has 0 aliphatic carbocycles. The van der Waals surface area contributed by atoms with Crippen LogP contribution >= 0.6 is 11.8 Å². The van der Waals surface area contributed by atoms with Crippen LogP contribution in [0.2, 0.25) is 0 Å². The number of rotatable bonds is 9. The second-order valence-electron chi connectivity index (χ2n) is 7.86. The number of amides is 3. The van der Waals surface area contributed by atoms with Crippen LogP contribution in [0.3, 0.4) is 0 Å². The first-order chi connectivity index (χ1) is 16.3. The summed E-state index contributed by atoms with van der Waals surface area (Å²) in [6.07, 6.45) is 2.29. The Morgan fingerprint density at radius 2 is 2.03 bits per heavy atom. The van der Waals surface area contributed by atoms with Gasteiger partial charge in [-0.05, 0) is 42.7 Å². The van der Waals surface area contributed by atoms with Crippen LogP contribution in [0, 0.1) is 5.92 Å². The number of hydrogen-bond donors (Lipinski definition) is 2. The molecule has 10 nitrogen and oxygen atoms in total. The minimum atomic E-state index is -0.576. The summed E-state index contributed by atoms with van der Waals surface area (Å²) < 4.78 is 11.5. The highest BCUT2D eigenvalue weighted by Gasteiger charge is 2.17. The number of thioether (sulfide) groups is 1. The lowest BCUT2D eigenvalue weighted by Crippen LogP contribution is -2.41. The highest BCUT2D eigenvalue weighted by Crippen LogP contribution is 2.20. The number of imide groups is 1. The molecular formula is C23H26N4O6S. The van der Waals surface area contributed by atoms with Gasteiger partial charge in [-0.15, -0.1) is 0 Å². The average Bonchev–Trinajstić information content (AvgIpc) is 3.32. The number of aromatic nitrogens is 2. The molecule has 3 aromatic rings. The zero-order valence-electron chi connectivity index (χ0n) is 19.1. The SMILES string of the molecule is COC(=O)c1ccc2c(=O)n(Cc3ccco3)c(SCC(=O)NC(=O)NCCC(C)C)nc2c1. The van der Waals surface area contributed by atoms with Crippen molar-refractivity contribution in [2.75, 3.05) is 19.4 Å². The standard InChI is InChI=1S/C23H26N4O6S/c1-14(2)8-9-24-22(31)26-19(28)13-34-23-25-18-11-15(21(30)32-3)6-7-17(18)20(29)27(23)12-16-5-4-10-33-16/h4-7,10-11,14H,8-9,12-13H2,1-3H3,(H2,24,26,28,31). The molecule has 2 heterocycles. The molecule has 1 aromatic carbocycles. The van der Waals surface area contributed by atoms with Crippen molar-refractivity contribution in [1.82, 2.24) is 20.2 Å². The van der Waals surface area contributed by atoms with Gasteiger partial charge >= 0.3 is 12.0 Å². The molecule has 0 saturated heterocycles. The second-order valence-corrected chi connectivity index (χ2v) is 8.81. The van der Waals surface area contributed by atoms with E-state index in [1.165, 1.54) is 36.1 Å². The summed E-state index contributed by atoms with van der Waals surface area (Å²) in [6, 6.07) is 7.32. The van der Waals surface area contributed by atoms with Crippen molar-refractivity contribution < 1.29 is 23.5 Å². The Morgan fingerprint density at radius 1 is 1.24 bits per heavy atom. The number of benzene rings is 1. The Morgan fingerprint density at radius 3 is 2.71 bits per heavy atom. The fourth-order valence-electron chi connectivity index (χ4n) is 3.06. The number of nitrogens with one attached hydrogen (secondary N) is 2. The van der Waals surface area contributed by atoms with E-state index in [1.807, 2.05) is 13.8 Å². The van der Waals surface area contributed by atoms with Crippen molar-refractivity contribution in [3.63, 3.8) is 0 Å². The maximum absolute atomic E-state index is 13.2. The first-order valence-corrected chi connectivity index (χ1v) is 11.6. The Bertz CT molecular complexity index is 1240. The lowest BCUT2D eigenvalue weighted by atomic mass is 10.1. The molecule has 0 atom stereocenters. The molecule has 2 N–H and O–H groups in total. The van der Waals surface area contributed by atoms with Gasteiger partial charge in [-0.2, -0.15) is 0 Å². The van der Waals surface area contributed by atoms with Crippen molar-refractivity contribution >= 4 is 40.6 Å². The van der Waals surface area contributed by atoms with Crippen LogP contribution < -0.4 is 16.2 Å². The number of hydrogen-bond acceptors (Lipinski definition) is 8. The van der Waals surface area contributed by atoms with E-state index < -0.39 is 17.9 Å². The number of ether oxygens (including phenoxy) is 1. The molecule has 11 heteroatoms. The van der Waals surface area contributed by atoms with Crippen LogP contribution in [-0.4, -0.2) is 46.9 Å². The number of methoxy groups -OCH3 is 1. The number of esters is 1. The Kier molecular flexibility index (Phi) is 8.47. The van der Waals surface area contributed by atoms with Crippen molar-refractivity contribution in [3.8, 4) is 0 Å². The highest BCUT2D eigenvalue weighted by molar-refractivity contribution is 7.99. The Hall–Kier alpha value is -3.60. The fourth-order valence-corrected chi connectivity index (χ4v) is 3.86. The first-order valence-electron chi connectivity index (χ1n) is 10.6. The summed E-state index contributed by atoms with van der Waals surface area (Å²) in [5.41, 5.74) is 0.183. The van der Waals surface area contributed by atoms with Crippen molar-refractivity contribution in [3.05, 3.63) is 58.3 Å². The zero-order valence-corrected chi connectivity index (χ0v) is 19.9. The first kappa shape index (κ1) is 25.0. The number of carbonyl (C=O) groups is 3. The average molecular weight is 487 g/mol. The summed E-state index contributed by atoms with van der Waals surface area (Å²) in [7, 11) is 1.26.